The first-order valence-electron chi connectivity index (χ1n) is 8.55. The Balaban J connectivity index is 1.85. The number of rotatable bonds is 4. The summed E-state index contributed by atoms with van der Waals surface area (Å²) < 4.78 is 15.6. The van der Waals surface area contributed by atoms with Gasteiger partial charge in [-0.1, -0.05) is 52.0 Å². The highest BCUT2D eigenvalue weighted by Crippen LogP contribution is 2.28. The van der Waals surface area contributed by atoms with Crippen molar-refractivity contribution in [3.05, 3.63) is 92.6 Å². The van der Waals surface area contributed by atoms with Crippen molar-refractivity contribution in [2.24, 2.45) is 0 Å². The van der Waals surface area contributed by atoms with Gasteiger partial charge >= 0.3 is 0 Å². The molecule has 0 N–H and O–H groups in total. The maximum atomic E-state index is 13.4. The zero-order chi connectivity index (χ0) is 19.7. The molecule has 0 aliphatic carbocycles. The fourth-order valence-electron chi connectivity index (χ4n) is 2.89. The molecule has 4 rings (SSSR count). The highest BCUT2D eigenvalue weighted by Gasteiger charge is 2.16. The summed E-state index contributed by atoms with van der Waals surface area (Å²) >= 11 is 4.81. The molecule has 0 fully saturated rings. The standard InChI is InChI=1S/C21H15BrFN3OS/c1-13-5-4-10-24-19(13)26-20(27)16-6-2-3-7-18(16)25-21(26)28-12-14-8-9-15(23)11-17(14)22/h2-11H,12H2,1H3. The van der Waals surface area contributed by atoms with Crippen molar-refractivity contribution in [2.45, 2.75) is 17.8 Å². The first-order chi connectivity index (χ1) is 13.5. The molecular weight excluding hydrogens is 441 g/mol. The van der Waals surface area contributed by atoms with Gasteiger partial charge in [-0.05, 0) is 48.4 Å². The molecule has 0 bridgehead atoms. The fraction of sp³-hybridized carbons (Fsp3) is 0.0952. The van der Waals surface area contributed by atoms with Crippen molar-refractivity contribution in [1.29, 1.82) is 0 Å². The zero-order valence-corrected chi connectivity index (χ0v) is 17.3. The number of nitrogens with zero attached hydrogens (tertiary/aromatic N) is 3. The van der Waals surface area contributed by atoms with Gasteiger partial charge in [0.2, 0.25) is 0 Å². The number of thioether (sulfide) groups is 1. The molecule has 0 atom stereocenters. The molecule has 0 unspecified atom stereocenters. The van der Waals surface area contributed by atoms with Crippen molar-refractivity contribution in [3.8, 4) is 5.82 Å². The minimum Gasteiger partial charge on any atom is -0.268 e. The van der Waals surface area contributed by atoms with Crippen LogP contribution in [0.2, 0.25) is 0 Å². The van der Waals surface area contributed by atoms with E-state index in [4.69, 9.17) is 4.98 Å². The van der Waals surface area contributed by atoms with E-state index in [-0.39, 0.29) is 11.4 Å². The van der Waals surface area contributed by atoms with Gasteiger partial charge in [0.25, 0.3) is 5.56 Å². The van der Waals surface area contributed by atoms with E-state index in [0.717, 1.165) is 11.1 Å². The van der Waals surface area contributed by atoms with Crippen LogP contribution in [0.1, 0.15) is 11.1 Å². The number of pyridine rings is 1. The van der Waals surface area contributed by atoms with E-state index in [1.54, 1.807) is 22.9 Å². The Kier molecular flexibility index (Phi) is 5.28. The maximum absolute atomic E-state index is 13.4. The van der Waals surface area contributed by atoms with Crippen LogP contribution in [0.4, 0.5) is 4.39 Å². The lowest BCUT2D eigenvalue weighted by Gasteiger charge is -2.14. The van der Waals surface area contributed by atoms with Crippen LogP contribution in [0.5, 0.6) is 0 Å². The third-order valence-corrected chi connectivity index (χ3v) is 6.04. The highest BCUT2D eigenvalue weighted by atomic mass is 79.9. The second-order valence-electron chi connectivity index (χ2n) is 6.22. The van der Waals surface area contributed by atoms with E-state index in [1.807, 2.05) is 37.3 Å². The topological polar surface area (TPSA) is 47.8 Å². The van der Waals surface area contributed by atoms with E-state index in [2.05, 4.69) is 20.9 Å². The van der Waals surface area contributed by atoms with E-state index in [9.17, 15) is 9.18 Å². The summed E-state index contributed by atoms with van der Waals surface area (Å²) in [6.45, 7) is 1.91. The highest BCUT2D eigenvalue weighted by molar-refractivity contribution is 9.10. The van der Waals surface area contributed by atoms with Crippen molar-refractivity contribution in [2.75, 3.05) is 0 Å². The van der Waals surface area contributed by atoms with Crippen LogP contribution < -0.4 is 5.56 Å². The Morgan fingerprint density at radius 1 is 1.14 bits per heavy atom. The first kappa shape index (κ1) is 18.8. The van der Waals surface area contributed by atoms with Crippen LogP contribution in [0.15, 0.2) is 75.2 Å². The number of aromatic nitrogens is 3. The summed E-state index contributed by atoms with van der Waals surface area (Å²) in [5, 5.41) is 1.08. The van der Waals surface area contributed by atoms with Gasteiger partial charge in [0, 0.05) is 16.4 Å². The Bertz CT molecular complexity index is 1240. The molecule has 0 radical (unpaired) electrons. The van der Waals surface area contributed by atoms with Crippen molar-refractivity contribution < 1.29 is 4.39 Å². The molecule has 0 saturated carbocycles. The second kappa shape index (κ2) is 7.85. The Labute approximate surface area is 173 Å². The summed E-state index contributed by atoms with van der Waals surface area (Å²) in [6, 6.07) is 15.6. The molecule has 0 aliphatic rings. The predicted octanol–water partition coefficient (Wildman–Crippen LogP) is 5.28. The lowest BCUT2D eigenvalue weighted by Crippen LogP contribution is -2.23. The van der Waals surface area contributed by atoms with Gasteiger partial charge in [-0.15, -0.1) is 0 Å². The third kappa shape index (κ3) is 3.59. The summed E-state index contributed by atoms with van der Waals surface area (Å²) in [7, 11) is 0. The molecule has 28 heavy (non-hydrogen) atoms. The van der Waals surface area contributed by atoms with Crippen molar-refractivity contribution in [3.63, 3.8) is 0 Å². The van der Waals surface area contributed by atoms with Gasteiger partial charge in [0.15, 0.2) is 5.16 Å². The van der Waals surface area contributed by atoms with Crippen molar-refractivity contribution in [1.82, 2.24) is 14.5 Å². The smallest absolute Gasteiger partial charge is 0.267 e. The monoisotopic (exact) mass is 455 g/mol. The minimum atomic E-state index is -0.300. The Morgan fingerprint density at radius 2 is 1.96 bits per heavy atom. The van der Waals surface area contributed by atoms with Gasteiger partial charge in [-0.25, -0.2) is 18.9 Å². The lowest BCUT2D eigenvalue weighted by molar-refractivity contribution is 0.626. The fourth-order valence-corrected chi connectivity index (χ4v) is 4.56. The summed E-state index contributed by atoms with van der Waals surface area (Å²) in [6.07, 6.45) is 1.66. The summed E-state index contributed by atoms with van der Waals surface area (Å²) in [4.78, 5) is 22.4. The largest absolute Gasteiger partial charge is 0.268 e. The SMILES string of the molecule is Cc1cccnc1-n1c(SCc2ccc(F)cc2Br)nc2ccccc2c1=O. The number of fused-ring (bicyclic) bond motifs is 1. The average Bonchev–Trinajstić information content (AvgIpc) is 2.68. The molecule has 140 valence electrons. The molecule has 2 aromatic heterocycles. The molecule has 2 heterocycles. The van der Waals surface area contributed by atoms with Crippen LogP contribution in [0.3, 0.4) is 0 Å². The third-order valence-electron chi connectivity index (χ3n) is 4.31. The molecule has 4 aromatic rings. The number of hydrogen-bond donors (Lipinski definition) is 0. The number of benzene rings is 2. The van der Waals surface area contributed by atoms with Gasteiger partial charge in [-0.2, -0.15) is 0 Å². The Hall–Kier alpha value is -2.51. The molecule has 0 aliphatic heterocycles. The molecule has 0 amide bonds. The molecular formula is C21H15BrFN3OS. The van der Waals surface area contributed by atoms with E-state index >= 15 is 0 Å². The minimum absolute atomic E-state index is 0.159. The molecule has 0 saturated heterocycles. The van der Waals surface area contributed by atoms with Gasteiger partial charge in [-0.3, -0.25) is 4.79 Å². The van der Waals surface area contributed by atoms with Crippen LogP contribution >= 0.6 is 27.7 Å². The Morgan fingerprint density at radius 3 is 2.75 bits per heavy atom. The zero-order valence-electron chi connectivity index (χ0n) is 14.9. The molecule has 2 aromatic carbocycles. The number of halogens is 2. The van der Waals surface area contributed by atoms with Crippen LogP contribution in [-0.4, -0.2) is 14.5 Å². The van der Waals surface area contributed by atoms with Crippen LogP contribution in [0.25, 0.3) is 16.7 Å². The van der Waals surface area contributed by atoms with Gasteiger partial charge in [0.05, 0.1) is 10.9 Å². The van der Waals surface area contributed by atoms with E-state index in [1.165, 1.54) is 23.9 Å². The number of hydrogen-bond acceptors (Lipinski definition) is 4. The van der Waals surface area contributed by atoms with Crippen LogP contribution in [0, 0.1) is 12.7 Å². The van der Waals surface area contributed by atoms with Crippen LogP contribution in [-0.2, 0) is 5.75 Å². The van der Waals surface area contributed by atoms with Crippen molar-refractivity contribution >= 4 is 38.6 Å². The van der Waals surface area contributed by atoms with Gasteiger partial charge in [0.1, 0.15) is 11.6 Å². The predicted molar refractivity (Wildman–Crippen MR) is 114 cm³/mol. The van der Waals surface area contributed by atoms with Gasteiger partial charge < -0.3 is 0 Å². The quantitative estimate of drug-likeness (QED) is 0.310. The second-order valence-corrected chi connectivity index (χ2v) is 8.02. The van der Waals surface area contributed by atoms with E-state index in [0.29, 0.717) is 32.1 Å². The maximum Gasteiger partial charge on any atom is 0.267 e. The summed E-state index contributed by atoms with van der Waals surface area (Å²) in [5.41, 5.74) is 2.27. The average molecular weight is 456 g/mol. The summed E-state index contributed by atoms with van der Waals surface area (Å²) in [5.74, 6) is 0.786. The normalized spacial score (nSPS) is 11.1. The lowest BCUT2D eigenvalue weighted by atomic mass is 10.2. The molecule has 0 spiro atoms. The number of para-hydroxylation sites is 1. The van der Waals surface area contributed by atoms with E-state index < -0.39 is 0 Å². The number of aryl methyl sites for hydroxylation is 1. The molecule has 7 heteroatoms. The molecule has 4 nitrogen and oxygen atoms in total. The first-order valence-corrected chi connectivity index (χ1v) is 10.3.